The molecule has 8 heteroatoms. The summed E-state index contributed by atoms with van der Waals surface area (Å²) in [7, 11) is 0. The number of nitrogens with zero attached hydrogens (tertiary/aromatic N) is 4. The second kappa shape index (κ2) is 12.9. The zero-order valence-electron chi connectivity index (χ0n) is 28.7. The molecule has 2 amide bonds. The van der Waals surface area contributed by atoms with Crippen molar-refractivity contribution in [3.05, 3.63) is 99.0 Å². The van der Waals surface area contributed by atoms with Gasteiger partial charge >= 0.3 is 6.03 Å². The smallest absolute Gasteiger partial charge is 0.326 e. The molecule has 3 aromatic carbocycles. The van der Waals surface area contributed by atoms with Crippen LogP contribution in [0.25, 0.3) is 0 Å². The van der Waals surface area contributed by atoms with Crippen molar-refractivity contribution in [1.82, 2.24) is 14.7 Å². The molecular formula is C38H48Cl2N4O2. The summed E-state index contributed by atoms with van der Waals surface area (Å²) in [5, 5.41) is 1.27. The summed E-state index contributed by atoms with van der Waals surface area (Å²) in [4.78, 5) is 27.0. The number of hydrogen-bond acceptors (Lipinski definition) is 4. The van der Waals surface area contributed by atoms with Crippen LogP contribution in [-0.2, 0) is 16.5 Å². The highest BCUT2D eigenvalue weighted by Crippen LogP contribution is 2.54. The van der Waals surface area contributed by atoms with Crippen molar-refractivity contribution in [3.63, 3.8) is 0 Å². The molecule has 0 spiro atoms. The van der Waals surface area contributed by atoms with E-state index in [0.717, 1.165) is 35.3 Å². The summed E-state index contributed by atoms with van der Waals surface area (Å²) >= 11 is 12.8. The molecule has 5 rings (SSSR count). The molecule has 2 aliphatic heterocycles. The maximum Gasteiger partial charge on any atom is 0.326 e. The fraction of sp³-hybridized carbons (Fsp3) is 0.474. The molecule has 2 aliphatic rings. The monoisotopic (exact) mass is 662 g/mol. The molecule has 0 aromatic heterocycles. The summed E-state index contributed by atoms with van der Waals surface area (Å²) in [5.41, 5.74) is 1.89. The zero-order chi connectivity index (χ0) is 33.6. The minimum absolute atomic E-state index is 0.0745. The van der Waals surface area contributed by atoms with Gasteiger partial charge in [-0.05, 0) is 100 Å². The number of aliphatic imine (C=N–C) groups is 1. The van der Waals surface area contributed by atoms with E-state index in [1.54, 1.807) is 0 Å². The number of rotatable bonds is 6. The number of carbonyl (C=O) groups is 1. The molecule has 0 unspecified atom stereocenters. The first-order valence-corrected chi connectivity index (χ1v) is 17.1. The van der Waals surface area contributed by atoms with Crippen LogP contribution in [0.4, 0.5) is 4.79 Å². The lowest BCUT2D eigenvalue weighted by molar-refractivity contribution is 0.0790. The summed E-state index contributed by atoms with van der Waals surface area (Å²) in [6.07, 6.45) is -0.0745. The van der Waals surface area contributed by atoms with E-state index >= 15 is 4.79 Å². The number of benzene rings is 3. The Balaban J connectivity index is 1.77. The van der Waals surface area contributed by atoms with Gasteiger partial charge in [0.2, 0.25) is 0 Å². The van der Waals surface area contributed by atoms with Crippen molar-refractivity contribution in [2.45, 2.75) is 91.0 Å². The SMILES string of the molecule is CC(C)Oc1cc(C(C)(C)C)ccc1C1=N[C@@](C)(c2ccc(Cl)cc2)[C@@](C)(c2ccc(Cl)cc2)N1C(=O)N1CCN(C(C)C)CC1. The average Bonchev–Trinajstić information content (AvgIpc) is 3.24. The molecule has 6 nitrogen and oxygen atoms in total. The van der Waals surface area contributed by atoms with E-state index in [-0.39, 0.29) is 17.6 Å². The van der Waals surface area contributed by atoms with Crippen LogP contribution in [0.2, 0.25) is 10.0 Å². The lowest BCUT2D eigenvalue weighted by Crippen LogP contribution is -2.61. The Kier molecular flexibility index (Phi) is 9.58. The average molecular weight is 664 g/mol. The van der Waals surface area contributed by atoms with Crippen molar-refractivity contribution in [2.24, 2.45) is 4.99 Å². The quantitative estimate of drug-likeness (QED) is 0.264. The van der Waals surface area contributed by atoms with Gasteiger partial charge in [-0.15, -0.1) is 0 Å². The van der Waals surface area contributed by atoms with Crippen molar-refractivity contribution >= 4 is 35.1 Å². The van der Waals surface area contributed by atoms with Crippen LogP contribution < -0.4 is 4.74 Å². The third-order valence-corrected chi connectivity index (χ3v) is 10.2. The van der Waals surface area contributed by atoms with Gasteiger partial charge in [-0.25, -0.2) is 4.79 Å². The molecule has 2 heterocycles. The van der Waals surface area contributed by atoms with Gasteiger partial charge in [-0.2, -0.15) is 0 Å². The van der Waals surface area contributed by atoms with E-state index in [1.165, 1.54) is 0 Å². The molecular weight excluding hydrogens is 615 g/mol. The Morgan fingerprint density at radius 2 is 1.37 bits per heavy atom. The van der Waals surface area contributed by atoms with Gasteiger partial charge in [-0.1, -0.05) is 74.3 Å². The first-order chi connectivity index (χ1) is 21.6. The Morgan fingerprint density at radius 3 is 1.87 bits per heavy atom. The molecule has 1 saturated heterocycles. The largest absolute Gasteiger partial charge is 0.490 e. The van der Waals surface area contributed by atoms with Crippen molar-refractivity contribution in [3.8, 4) is 5.75 Å². The van der Waals surface area contributed by atoms with E-state index in [4.69, 9.17) is 32.9 Å². The van der Waals surface area contributed by atoms with Gasteiger partial charge in [0.15, 0.2) is 0 Å². The number of halogens is 2. The van der Waals surface area contributed by atoms with E-state index in [9.17, 15) is 0 Å². The Morgan fingerprint density at radius 1 is 0.826 bits per heavy atom. The molecule has 0 bridgehead atoms. The van der Waals surface area contributed by atoms with E-state index in [1.807, 2.05) is 72.2 Å². The van der Waals surface area contributed by atoms with Gasteiger partial charge in [0.1, 0.15) is 22.7 Å². The molecule has 46 heavy (non-hydrogen) atoms. The number of piperazine rings is 1. The predicted octanol–water partition coefficient (Wildman–Crippen LogP) is 9.12. The first-order valence-electron chi connectivity index (χ1n) is 16.3. The van der Waals surface area contributed by atoms with Crippen LogP contribution in [0.1, 0.15) is 84.6 Å². The van der Waals surface area contributed by atoms with Gasteiger partial charge in [-0.3, -0.25) is 14.8 Å². The van der Waals surface area contributed by atoms with Crippen LogP contribution in [0, 0.1) is 0 Å². The highest BCUT2D eigenvalue weighted by Gasteiger charge is 2.60. The van der Waals surface area contributed by atoms with Crippen LogP contribution >= 0.6 is 23.2 Å². The van der Waals surface area contributed by atoms with Crippen LogP contribution in [-0.4, -0.2) is 64.9 Å². The van der Waals surface area contributed by atoms with Crippen molar-refractivity contribution in [1.29, 1.82) is 0 Å². The molecule has 3 aromatic rings. The highest BCUT2D eigenvalue weighted by atomic mass is 35.5. The van der Waals surface area contributed by atoms with E-state index in [2.05, 4.69) is 71.6 Å². The molecule has 1 fully saturated rings. The lowest BCUT2D eigenvalue weighted by atomic mass is 9.71. The Labute approximate surface area is 285 Å². The predicted molar refractivity (Wildman–Crippen MR) is 191 cm³/mol. The number of carbonyl (C=O) groups excluding carboxylic acids is 1. The highest BCUT2D eigenvalue weighted by molar-refractivity contribution is 6.30. The lowest BCUT2D eigenvalue weighted by Gasteiger charge is -2.47. The number of hydrogen-bond donors (Lipinski definition) is 0. The van der Waals surface area contributed by atoms with Crippen LogP contribution in [0.3, 0.4) is 0 Å². The minimum atomic E-state index is -0.940. The van der Waals surface area contributed by atoms with Crippen molar-refractivity contribution in [2.75, 3.05) is 26.2 Å². The molecule has 246 valence electrons. The maximum absolute atomic E-state index is 15.1. The fourth-order valence-corrected chi connectivity index (χ4v) is 6.92. The summed E-state index contributed by atoms with van der Waals surface area (Å²) in [6, 6.07) is 22.3. The summed E-state index contributed by atoms with van der Waals surface area (Å²) in [6.45, 7) is 22.2. The van der Waals surface area contributed by atoms with Gasteiger partial charge in [0.25, 0.3) is 0 Å². The summed E-state index contributed by atoms with van der Waals surface area (Å²) < 4.78 is 6.51. The minimum Gasteiger partial charge on any atom is -0.490 e. The number of amides is 2. The Hall–Kier alpha value is -3.06. The fourth-order valence-electron chi connectivity index (χ4n) is 6.66. The third-order valence-electron chi connectivity index (χ3n) is 9.71. The topological polar surface area (TPSA) is 48.4 Å². The number of amidine groups is 1. The maximum atomic E-state index is 15.1. The van der Waals surface area contributed by atoms with Gasteiger partial charge < -0.3 is 9.64 Å². The van der Waals surface area contributed by atoms with Gasteiger partial charge in [0.05, 0.1) is 11.7 Å². The molecule has 0 aliphatic carbocycles. The standard InChI is InChI=1S/C38H48Cl2N4O2/c1-25(2)42-20-22-43(23-21-42)35(45)44-34(32-19-14-29(36(5,6)7)24-33(32)46-26(3)4)41-37(8,27-10-15-30(39)16-11-27)38(44,9)28-12-17-31(40)18-13-28/h10-19,24-26H,20-23H2,1-9H3/t37-,38+/m0/s1. The van der Waals surface area contributed by atoms with Crippen molar-refractivity contribution < 1.29 is 9.53 Å². The second-order valence-corrected chi connectivity index (χ2v) is 15.3. The molecule has 0 N–H and O–H groups in total. The molecule has 2 atom stereocenters. The Bertz CT molecular complexity index is 1590. The van der Waals surface area contributed by atoms with E-state index < -0.39 is 11.1 Å². The van der Waals surface area contributed by atoms with Gasteiger partial charge in [0, 0.05) is 42.3 Å². The van der Waals surface area contributed by atoms with Crippen LogP contribution in [0.5, 0.6) is 5.75 Å². The number of ether oxygens (including phenoxy) is 1. The molecule has 0 radical (unpaired) electrons. The first kappa shape index (κ1) is 34.3. The normalized spacial score (nSPS) is 22.5. The second-order valence-electron chi connectivity index (χ2n) is 14.5. The third kappa shape index (κ3) is 6.28. The van der Waals surface area contributed by atoms with Crippen LogP contribution in [0.15, 0.2) is 71.7 Å². The summed E-state index contributed by atoms with van der Waals surface area (Å²) in [5.74, 6) is 1.30. The zero-order valence-corrected chi connectivity index (χ0v) is 30.2. The number of urea groups is 1. The van der Waals surface area contributed by atoms with E-state index in [0.29, 0.717) is 40.8 Å². The molecule has 0 saturated carbocycles.